The first-order valence-corrected chi connectivity index (χ1v) is 7.09. The molecular weight excluding hydrogens is 242 g/mol. The van der Waals surface area contributed by atoms with Crippen LogP contribution in [0.4, 0.5) is 0 Å². The predicted octanol–water partition coefficient (Wildman–Crippen LogP) is 1.85. The molecule has 1 atom stereocenters. The van der Waals surface area contributed by atoms with Crippen molar-refractivity contribution in [1.29, 1.82) is 0 Å². The molecule has 0 aliphatic carbocycles. The number of hydrogen-bond acceptors (Lipinski definition) is 3. The van der Waals surface area contributed by atoms with E-state index in [9.17, 15) is 9.90 Å². The van der Waals surface area contributed by atoms with E-state index in [4.69, 9.17) is 0 Å². The Morgan fingerprint density at radius 1 is 1.58 bits per heavy atom. The Kier molecular flexibility index (Phi) is 4.24. The maximum absolute atomic E-state index is 11.5. The molecule has 5 nitrogen and oxygen atoms in total. The topological polar surface area (TPSA) is 67.2 Å². The van der Waals surface area contributed by atoms with Gasteiger partial charge in [0.25, 0.3) is 0 Å². The minimum Gasteiger partial charge on any atom is -0.481 e. The van der Waals surface area contributed by atoms with Gasteiger partial charge in [-0.3, -0.25) is 9.48 Å². The van der Waals surface area contributed by atoms with Crippen molar-refractivity contribution in [2.45, 2.75) is 45.6 Å². The summed E-state index contributed by atoms with van der Waals surface area (Å²) in [5.41, 5.74) is 0.214. The summed E-state index contributed by atoms with van der Waals surface area (Å²) in [5.74, 6) is -0.713. The molecule has 1 aliphatic heterocycles. The molecule has 5 heteroatoms. The summed E-state index contributed by atoms with van der Waals surface area (Å²) in [7, 11) is 0. The highest BCUT2D eigenvalue weighted by Gasteiger charge is 2.42. The molecule has 1 unspecified atom stereocenters. The number of aliphatic carboxylic acids is 1. The lowest BCUT2D eigenvalue weighted by Crippen LogP contribution is -2.35. The molecule has 0 amide bonds. The Bertz CT molecular complexity index is 432. The van der Waals surface area contributed by atoms with E-state index in [2.05, 4.69) is 24.3 Å². The standard InChI is InChI=1S/C14H23N3O2/c1-3-12(4-2)17-8-5-11(16-17)9-14(13(18)19)6-7-15-10-14/h5,8,12,15H,3-4,6-7,9-10H2,1-2H3,(H,18,19). The highest BCUT2D eigenvalue weighted by atomic mass is 16.4. The minimum atomic E-state index is -0.713. The normalized spacial score (nSPS) is 23.1. The number of carboxylic acid groups (broad SMARTS) is 1. The van der Waals surface area contributed by atoms with Crippen molar-refractivity contribution in [3.63, 3.8) is 0 Å². The summed E-state index contributed by atoms with van der Waals surface area (Å²) >= 11 is 0. The summed E-state index contributed by atoms with van der Waals surface area (Å²) < 4.78 is 1.98. The van der Waals surface area contributed by atoms with Crippen LogP contribution in [0.15, 0.2) is 12.3 Å². The third kappa shape index (κ3) is 2.81. The fraction of sp³-hybridized carbons (Fsp3) is 0.714. The molecule has 106 valence electrons. The predicted molar refractivity (Wildman–Crippen MR) is 73.1 cm³/mol. The second-order valence-corrected chi connectivity index (χ2v) is 5.45. The zero-order valence-corrected chi connectivity index (χ0v) is 11.7. The van der Waals surface area contributed by atoms with Gasteiger partial charge in [0, 0.05) is 19.2 Å². The van der Waals surface area contributed by atoms with Gasteiger partial charge in [-0.1, -0.05) is 13.8 Å². The first kappa shape index (κ1) is 14.1. The molecule has 2 heterocycles. The third-order valence-corrected chi connectivity index (χ3v) is 4.20. The van der Waals surface area contributed by atoms with Crippen molar-refractivity contribution in [2.75, 3.05) is 13.1 Å². The summed E-state index contributed by atoms with van der Waals surface area (Å²) in [5, 5.41) is 17.2. The van der Waals surface area contributed by atoms with Crippen LogP contribution in [0, 0.1) is 5.41 Å². The number of carboxylic acids is 1. The lowest BCUT2D eigenvalue weighted by Gasteiger charge is -2.21. The van der Waals surface area contributed by atoms with E-state index < -0.39 is 11.4 Å². The molecule has 1 fully saturated rings. The van der Waals surface area contributed by atoms with Gasteiger partial charge >= 0.3 is 5.97 Å². The molecular formula is C14H23N3O2. The maximum Gasteiger partial charge on any atom is 0.311 e. The molecule has 0 radical (unpaired) electrons. The Balaban J connectivity index is 2.12. The highest BCUT2D eigenvalue weighted by molar-refractivity contribution is 5.75. The summed E-state index contributed by atoms with van der Waals surface area (Å²) in [6.07, 6.45) is 5.26. The van der Waals surface area contributed by atoms with Gasteiger partial charge in [-0.15, -0.1) is 0 Å². The summed E-state index contributed by atoms with van der Waals surface area (Å²) in [6, 6.07) is 2.37. The van der Waals surface area contributed by atoms with Gasteiger partial charge in [0.1, 0.15) is 0 Å². The summed E-state index contributed by atoms with van der Waals surface area (Å²) in [6.45, 7) is 5.62. The minimum absolute atomic E-state index is 0.413. The molecule has 0 spiro atoms. The van der Waals surface area contributed by atoms with Crippen molar-refractivity contribution < 1.29 is 9.90 Å². The van der Waals surface area contributed by atoms with Gasteiger partial charge in [0.2, 0.25) is 0 Å². The van der Waals surface area contributed by atoms with Crippen LogP contribution in [-0.4, -0.2) is 33.9 Å². The second-order valence-electron chi connectivity index (χ2n) is 5.45. The van der Waals surface area contributed by atoms with Gasteiger partial charge in [-0.2, -0.15) is 5.10 Å². The average Bonchev–Trinajstić information content (AvgIpc) is 3.02. The maximum atomic E-state index is 11.5. The van der Waals surface area contributed by atoms with Crippen molar-refractivity contribution in [1.82, 2.24) is 15.1 Å². The van der Waals surface area contributed by atoms with Gasteiger partial charge in [0.15, 0.2) is 0 Å². The zero-order chi connectivity index (χ0) is 13.9. The molecule has 2 rings (SSSR count). The Morgan fingerprint density at radius 2 is 2.32 bits per heavy atom. The number of carbonyl (C=O) groups is 1. The van der Waals surface area contributed by atoms with Crippen LogP contribution in [0.2, 0.25) is 0 Å². The molecule has 19 heavy (non-hydrogen) atoms. The molecule has 1 aromatic heterocycles. The molecule has 1 aromatic rings. The van der Waals surface area contributed by atoms with Gasteiger partial charge < -0.3 is 10.4 Å². The first-order chi connectivity index (χ1) is 9.11. The van der Waals surface area contributed by atoms with Gasteiger partial charge in [0.05, 0.1) is 17.2 Å². The average molecular weight is 265 g/mol. The van der Waals surface area contributed by atoms with Crippen molar-refractivity contribution in [2.24, 2.45) is 5.41 Å². The molecule has 1 aliphatic rings. The number of nitrogens with zero attached hydrogens (tertiary/aromatic N) is 2. The molecule has 0 aromatic carbocycles. The van der Waals surface area contributed by atoms with Crippen LogP contribution in [0.25, 0.3) is 0 Å². The van der Waals surface area contributed by atoms with Crippen LogP contribution >= 0.6 is 0 Å². The van der Waals surface area contributed by atoms with Crippen LogP contribution in [0.3, 0.4) is 0 Å². The van der Waals surface area contributed by atoms with E-state index in [1.54, 1.807) is 0 Å². The van der Waals surface area contributed by atoms with Crippen molar-refractivity contribution >= 4 is 5.97 Å². The fourth-order valence-electron chi connectivity index (χ4n) is 2.84. The quantitative estimate of drug-likeness (QED) is 0.823. The monoisotopic (exact) mass is 265 g/mol. The first-order valence-electron chi connectivity index (χ1n) is 7.09. The van der Waals surface area contributed by atoms with E-state index >= 15 is 0 Å². The van der Waals surface area contributed by atoms with E-state index in [0.29, 0.717) is 25.4 Å². The Labute approximate surface area is 114 Å². The van der Waals surface area contributed by atoms with Crippen LogP contribution in [-0.2, 0) is 11.2 Å². The van der Waals surface area contributed by atoms with Crippen LogP contribution < -0.4 is 5.32 Å². The fourth-order valence-corrected chi connectivity index (χ4v) is 2.84. The third-order valence-electron chi connectivity index (χ3n) is 4.20. The molecule has 1 saturated heterocycles. The van der Waals surface area contributed by atoms with Crippen molar-refractivity contribution in [3.8, 4) is 0 Å². The Morgan fingerprint density at radius 3 is 2.84 bits per heavy atom. The zero-order valence-electron chi connectivity index (χ0n) is 11.7. The molecule has 0 saturated carbocycles. The van der Waals surface area contributed by atoms with E-state index in [1.807, 2.05) is 16.9 Å². The SMILES string of the molecule is CCC(CC)n1ccc(CC2(C(=O)O)CCNC2)n1. The van der Waals surface area contributed by atoms with E-state index in [-0.39, 0.29) is 0 Å². The lowest BCUT2D eigenvalue weighted by molar-refractivity contribution is -0.147. The largest absolute Gasteiger partial charge is 0.481 e. The highest BCUT2D eigenvalue weighted by Crippen LogP contribution is 2.30. The molecule has 0 bridgehead atoms. The molecule has 2 N–H and O–H groups in total. The second kappa shape index (κ2) is 5.74. The van der Waals surface area contributed by atoms with Gasteiger partial charge in [-0.25, -0.2) is 0 Å². The van der Waals surface area contributed by atoms with Crippen LogP contribution in [0.5, 0.6) is 0 Å². The number of hydrogen-bond donors (Lipinski definition) is 2. The summed E-state index contributed by atoms with van der Waals surface area (Å²) in [4.78, 5) is 11.5. The Hall–Kier alpha value is -1.36. The number of aromatic nitrogens is 2. The smallest absolute Gasteiger partial charge is 0.311 e. The van der Waals surface area contributed by atoms with Gasteiger partial charge in [-0.05, 0) is 31.9 Å². The van der Waals surface area contributed by atoms with E-state index in [1.165, 1.54) is 0 Å². The number of nitrogens with one attached hydrogen (secondary N) is 1. The lowest BCUT2D eigenvalue weighted by atomic mass is 9.82. The van der Waals surface area contributed by atoms with Crippen LogP contribution in [0.1, 0.15) is 44.8 Å². The number of rotatable bonds is 6. The van der Waals surface area contributed by atoms with E-state index in [0.717, 1.165) is 25.1 Å². The van der Waals surface area contributed by atoms with Crippen molar-refractivity contribution in [3.05, 3.63) is 18.0 Å².